The first-order chi connectivity index (χ1) is 10.5. The Bertz CT molecular complexity index is 675. The highest BCUT2D eigenvalue weighted by molar-refractivity contribution is 5.81. The second kappa shape index (κ2) is 5.88. The van der Waals surface area contributed by atoms with E-state index < -0.39 is 0 Å². The zero-order chi connectivity index (χ0) is 15.7. The average molecular weight is 303 g/mol. The van der Waals surface area contributed by atoms with E-state index in [1.165, 1.54) is 0 Å². The van der Waals surface area contributed by atoms with Gasteiger partial charge in [0.25, 0.3) is 0 Å². The lowest BCUT2D eigenvalue weighted by Crippen LogP contribution is -2.51. The number of hydrogen-bond donors (Lipinski definition) is 1. The minimum absolute atomic E-state index is 0.0325. The highest BCUT2D eigenvalue weighted by Crippen LogP contribution is 2.15. The van der Waals surface area contributed by atoms with Crippen LogP contribution in [0.1, 0.15) is 17.2 Å². The first kappa shape index (κ1) is 14.7. The summed E-state index contributed by atoms with van der Waals surface area (Å²) in [5, 5.41) is 15.4. The van der Waals surface area contributed by atoms with Crippen LogP contribution in [0.3, 0.4) is 0 Å². The van der Waals surface area contributed by atoms with Gasteiger partial charge in [0, 0.05) is 12.7 Å². The first-order valence-corrected chi connectivity index (χ1v) is 7.40. The van der Waals surface area contributed by atoms with E-state index in [1.807, 2.05) is 47.4 Å². The lowest BCUT2D eigenvalue weighted by Gasteiger charge is -2.32. The van der Waals surface area contributed by atoms with Crippen molar-refractivity contribution in [2.24, 2.45) is 0 Å². The van der Waals surface area contributed by atoms with Gasteiger partial charge in [-0.15, -0.1) is 10.2 Å². The van der Waals surface area contributed by atoms with Crippen LogP contribution in [-0.2, 0) is 24.4 Å². The molecule has 0 saturated heterocycles. The fraction of sp³-hybridized carbons (Fsp3) is 0.571. The number of carbonyl (C=O) groups is 1. The summed E-state index contributed by atoms with van der Waals surface area (Å²) in [5.74, 6) is 1.80. The molecule has 0 aromatic carbocycles. The summed E-state index contributed by atoms with van der Waals surface area (Å²) in [6.45, 7) is 6.38. The predicted molar refractivity (Wildman–Crippen MR) is 80.0 cm³/mol. The minimum atomic E-state index is -0.193. The number of amides is 1. The Morgan fingerprint density at radius 1 is 1.41 bits per heavy atom. The number of likely N-dealkylation sites (N-methyl/N-ethyl adjacent to an activating group) is 1. The van der Waals surface area contributed by atoms with Gasteiger partial charge in [-0.05, 0) is 26.5 Å². The van der Waals surface area contributed by atoms with E-state index in [1.54, 1.807) is 0 Å². The van der Waals surface area contributed by atoms with Crippen LogP contribution < -0.4 is 5.32 Å². The van der Waals surface area contributed by atoms with Crippen LogP contribution in [0.2, 0.25) is 0 Å². The third kappa shape index (κ3) is 2.87. The van der Waals surface area contributed by atoms with Crippen LogP contribution in [0, 0.1) is 13.8 Å². The third-order valence-corrected chi connectivity index (χ3v) is 4.00. The monoisotopic (exact) mass is 303 g/mol. The third-order valence-electron chi connectivity index (χ3n) is 4.00. The second-order valence-corrected chi connectivity index (χ2v) is 5.78. The van der Waals surface area contributed by atoms with E-state index in [0.717, 1.165) is 17.2 Å². The van der Waals surface area contributed by atoms with Crippen molar-refractivity contribution in [2.45, 2.75) is 39.5 Å². The van der Waals surface area contributed by atoms with E-state index >= 15 is 0 Å². The van der Waals surface area contributed by atoms with Gasteiger partial charge < -0.3 is 9.88 Å². The Labute approximate surface area is 129 Å². The highest BCUT2D eigenvalue weighted by atomic mass is 16.2. The fourth-order valence-electron chi connectivity index (χ4n) is 2.71. The molecule has 2 aromatic rings. The quantitative estimate of drug-likeness (QED) is 0.840. The maximum atomic E-state index is 12.4. The van der Waals surface area contributed by atoms with E-state index in [-0.39, 0.29) is 11.9 Å². The number of nitrogens with zero attached hydrogens (tertiary/aromatic N) is 6. The van der Waals surface area contributed by atoms with Gasteiger partial charge in [-0.25, -0.2) is 0 Å². The number of carbonyl (C=O) groups excluding carboxylic acids is 1. The van der Waals surface area contributed by atoms with Gasteiger partial charge >= 0.3 is 0 Å². The largest absolute Gasteiger partial charge is 0.353 e. The van der Waals surface area contributed by atoms with E-state index in [4.69, 9.17) is 0 Å². The molecular weight excluding hydrogens is 282 g/mol. The molecule has 3 rings (SSSR count). The average Bonchev–Trinajstić information content (AvgIpc) is 3.04. The van der Waals surface area contributed by atoms with Crippen molar-refractivity contribution >= 4 is 5.91 Å². The summed E-state index contributed by atoms with van der Waals surface area (Å²) < 4.78 is 3.85. The number of hydrogen-bond acceptors (Lipinski definition) is 5. The zero-order valence-corrected chi connectivity index (χ0v) is 13.2. The Balaban J connectivity index is 1.57. The van der Waals surface area contributed by atoms with Gasteiger partial charge in [-0.1, -0.05) is 0 Å². The molecule has 0 radical (unpaired) electrons. The number of fused-ring (bicyclic) bond motifs is 1. The minimum Gasteiger partial charge on any atom is -0.353 e. The molecule has 1 aliphatic rings. The van der Waals surface area contributed by atoms with Gasteiger partial charge in [0.15, 0.2) is 0 Å². The second-order valence-electron chi connectivity index (χ2n) is 5.78. The molecule has 0 fully saturated rings. The molecule has 1 aliphatic heterocycles. The molecular formula is C14H21N7O. The van der Waals surface area contributed by atoms with Crippen LogP contribution in [0.15, 0.2) is 12.4 Å². The number of nitrogens with one attached hydrogen (secondary N) is 1. The van der Waals surface area contributed by atoms with Gasteiger partial charge in [-0.2, -0.15) is 5.10 Å². The van der Waals surface area contributed by atoms with Gasteiger partial charge in [0.2, 0.25) is 5.91 Å². The molecule has 2 aromatic heterocycles. The van der Waals surface area contributed by atoms with Crippen LogP contribution in [0.5, 0.6) is 0 Å². The predicted octanol–water partition coefficient (Wildman–Crippen LogP) is -0.278. The van der Waals surface area contributed by atoms with Crippen molar-refractivity contribution in [3.05, 3.63) is 29.6 Å². The van der Waals surface area contributed by atoms with Crippen LogP contribution in [-0.4, -0.2) is 55.0 Å². The van der Waals surface area contributed by atoms with E-state index in [0.29, 0.717) is 26.2 Å². The van der Waals surface area contributed by atoms with Crippen molar-refractivity contribution in [3.8, 4) is 0 Å². The summed E-state index contributed by atoms with van der Waals surface area (Å²) in [5.41, 5.74) is 1.12. The lowest BCUT2D eigenvalue weighted by atomic mass is 10.2. The van der Waals surface area contributed by atoms with Gasteiger partial charge in [0.1, 0.15) is 17.7 Å². The molecule has 8 heteroatoms. The van der Waals surface area contributed by atoms with Crippen molar-refractivity contribution in [1.82, 2.24) is 34.8 Å². The standard InChI is InChI=1S/C14H21N7O/c1-10-6-16-20(7-10)5-4-15-14(22)12-8-21-11(2)17-18-13(21)9-19(12)3/h6-7,12H,4-5,8-9H2,1-3H3,(H,15,22). The zero-order valence-electron chi connectivity index (χ0n) is 13.2. The lowest BCUT2D eigenvalue weighted by molar-refractivity contribution is -0.127. The normalized spacial score (nSPS) is 18.2. The van der Waals surface area contributed by atoms with E-state index in [9.17, 15) is 4.79 Å². The summed E-state index contributed by atoms with van der Waals surface area (Å²) in [6.07, 6.45) is 3.78. The highest BCUT2D eigenvalue weighted by Gasteiger charge is 2.30. The molecule has 0 saturated carbocycles. The molecule has 1 amide bonds. The molecule has 0 bridgehead atoms. The van der Waals surface area contributed by atoms with Crippen LogP contribution in [0.4, 0.5) is 0 Å². The molecule has 1 unspecified atom stereocenters. The molecule has 1 N–H and O–H groups in total. The van der Waals surface area contributed by atoms with Gasteiger partial charge in [-0.3, -0.25) is 14.4 Å². The fourth-order valence-corrected chi connectivity index (χ4v) is 2.71. The smallest absolute Gasteiger partial charge is 0.239 e. The summed E-state index contributed by atoms with van der Waals surface area (Å²) >= 11 is 0. The molecule has 0 spiro atoms. The maximum absolute atomic E-state index is 12.4. The molecule has 8 nitrogen and oxygen atoms in total. The van der Waals surface area contributed by atoms with Crippen molar-refractivity contribution in [1.29, 1.82) is 0 Å². The molecule has 22 heavy (non-hydrogen) atoms. The number of rotatable bonds is 4. The van der Waals surface area contributed by atoms with Crippen molar-refractivity contribution < 1.29 is 4.79 Å². The van der Waals surface area contributed by atoms with Crippen molar-refractivity contribution in [3.63, 3.8) is 0 Å². The molecule has 1 atom stereocenters. The van der Waals surface area contributed by atoms with E-state index in [2.05, 4.69) is 20.6 Å². The summed E-state index contributed by atoms with van der Waals surface area (Å²) in [7, 11) is 1.94. The number of aromatic nitrogens is 5. The topological polar surface area (TPSA) is 80.9 Å². The number of aryl methyl sites for hydroxylation is 2. The Morgan fingerprint density at radius 2 is 2.23 bits per heavy atom. The Morgan fingerprint density at radius 3 is 2.95 bits per heavy atom. The molecule has 118 valence electrons. The first-order valence-electron chi connectivity index (χ1n) is 7.40. The van der Waals surface area contributed by atoms with Crippen LogP contribution in [0.25, 0.3) is 0 Å². The SMILES string of the molecule is Cc1cnn(CCNC(=O)C2Cn3c(C)nnc3CN2C)c1. The summed E-state index contributed by atoms with van der Waals surface area (Å²) in [6, 6.07) is -0.193. The molecule has 3 heterocycles. The van der Waals surface area contributed by atoms with Crippen molar-refractivity contribution in [2.75, 3.05) is 13.6 Å². The summed E-state index contributed by atoms with van der Waals surface area (Å²) in [4.78, 5) is 14.4. The Hall–Kier alpha value is -2.22. The molecule has 0 aliphatic carbocycles. The Kier molecular flexibility index (Phi) is 3.93. The van der Waals surface area contributed by atoms with Crippen LogP contribution >= 0.6 is 0 Å². The van der Waals surface area contributed by atoms with Gasteiger partial charge in [0.05, 0.1) is 25.8 Å². The maximum Gasteiger partial charge on any atom is 0.239 e.